The summed E-state index contributed by atoms with van der Waals surface area (Å²) in [7, 11) is -3.96. The average Bonchev–Trinajstić information content (AvgIpc) is 3.45. The summed E-state index contributed by atoms with van der Waals surface area (Å²) in [5, 5.41) is 10.1. The Labute approximate surface area is 255 Å². The number of nitrogens with zero attached hydrogens (tertiary/aromatic N) is 4. The molecule has 1 unspecified atom stereocenters. The number of rotatable bonds is 10. The third kappa shape index (κ3) is 6.31. The molecule has 1 aromatic heterocycles. The number of aliphatic hydroxyl groups is 1. The first-order chi connectivity index (χ1) is 21.2. The number of amides is 1. The maximum absolute atomic E-state index is 14.9. The summed E-state index contributed by atoms with van der Waals surface area (Å²) in [5.41, 5.74) is 2.43. The van der Waals surface area contributed by atoms with Crippen LogP contribution in [0.5, 0.6) is 11.5 Å². The molecule has 1 fully saturated rings. The predicted octanol–water partition coefficient (Wildman–Crippen LogP) is 4.68. The summed E-state index contributed by atoms with van der Waals surface area (Å²) in [6, 6.07) is 16.4. The molecule has 3 aliphatic rings. The van der Waals surface area contributed by atoms with E-state index in [-0.39, 0.29) is 60.3 Å². The average molecular weight is 621 g/mol. The minimum atomic E-state index is -3.96. The molecule has 2 aromatic carbocycles. The lowest BCUT2D eigenvalue weighted by Crippen LogP contribution is -2.44. The van der Waals surface area contributed by atoms with Crippen molar-refractivity contribution in [1.29, 1.82) is 0 Å². The van der Waals surface area contributed by atoms with Gasteiger partial charge in [0.15, 0.2) is 17.7 Å². The summed E-state index contributed by atoms with van der Waals surface area (Å²) in [6.45, 7) is 1.90. The molecule has 0 radical (unpaired) electrons. The normalized spacial score (nSPS) is 18.0. The number of aryl methyl sites for hydroxylation is 1. The summed E-state index contributed by atoms with van der Waals surface area (Å²) < 4.78 is 52.3. The Morgan fingerprint density at radius 2 is 1.86 bits per heavy atom. The molecule has 6 rings (SSSR count). The van der Waals surface area contributed by atoms with Crippen molar-refractivity contribution >= 4 is 27.0 Å². The van der Waals surface area contributed by atoms with Crippen LogP contribution in [0, 0.1) is 6.92 Å². The van der Waals surface area contributed by atoms with Crippen LogP contribution in [0.4, 0.5) is 10.1 Å². The number of hydrogen-bond donors (Lipinski definition) is 1. The van der Waals surface area contributed by atoms with Gasteiger partial charge in [0, 0.05) is 42.2 Å². The Bertz CT molecular complexity index is 1730. The minimum absolute atomic E-state index is 0.0646. The largest absolute Gasteiger partial charge is 0.454 e. The van der Waals surface area contributed by atoms with Gasteiger partial charge in [0.1, 0.15) is 5.83 Å². The van der Waals surface area contributed by atoms with Crippen LogP contribution in [-0.2, 0) is 21.2 Å². The highest BCUT2D eigenvalue weighted by Crippen LogP contribution is 2.34. The predicted molar refractivity (Wildman–Crippen MR) is 161 cm³/mol. The number of benzene rings is 2. The van der Waals surface area contributed by atoms with Crippen molar-refractivity contribution in [3.05, 3.63) is 89.7 Å². The van der Waals surface area contributed by atoms with E-state index in [0.29, 0.717) is 17.2 Å². The van der Waals surface area contributed by atoms with Gasteiger partial charge in [-0.25, -0.2) is 22.8 Å². The van der Waals surface area contributed by atoms with Gasteiger partial charge in [0.2, 0.25) is 27.7 Å². The highest BCUT2D eigenvalue weighted by molar-refractivity contribution is 7.91. The van der Waals surface area contributed by atoms with Gasteiger partial charge < -0.3 is 24.4 Å². The van der Waals surface area contributed by atoms with E-state index < -0.39 is 21.9 Å². The van der Waals surface area contributed by atoms with Crippen LogP contribution in [0.2, 0.25) is 0 Å². The Balaban J connectivity index is 1.17. The molecule has 10 nitrogen and oxygen atoms in total. The molecule has 230 valence electrons. The van der Waals surface area contributed by atoms with Crippen molar-refractivity contribution in [2.24, 2.45) is 0 Å². The summed E-state index contributed by atoms with van der Waals surface area (Å²) in [5.74, 6) is -0.0646. The third-order valence-electron chi connectivity index (χ3n) is 7.92. The Hall–Kier alpha value is -4.29. The van der Waals surface area contributed by atoms with Crippen molar-refractivity contribution in [3.8, 4) is 11.5 Å². The molecule has 12 heteroatoms. The number of para-hydroxylation sites is 1. The molecular formula is C32H33FN4O6S. The fraction of sp³-hybridized carbons (Fsp3) is 0.344. The highest BCUT2D eigenvalue weighted by atomic mass is 32.2. The van der Waals surface area contributed by atoms with Crippen LogP contribution < -0.4 is 14.4 Å². The number of allylic oxidation sites excluding steroid dienone is 2. The summed E-state index contributed by atoms with van der Waals surface area (Å²) in [6.07, 6.45) is 4.23. The smallest absolute Gasteiger partial charge is 0.247 e. The lowest BCUT2D eigenvalue weighted by Gasteiger charge is -2.37. The summed E-state index contributed by atoms with van der Waals surface area (Å²) >= 11 is 0. The van der Waals surface area contributed by atoms with E-state index in [9.17, 15) is 22.7 Å². The van der Waals surface area contributed by atoms with Crippen LogP contribution >= 0.6 is 0 Å². The van der Waals surface area contributed by atoms with Crippen molar-refractivity contribution < 1.29 is 32.2 Å². The first kappa shape index (κ1) is 29.8. The number of carbonyl (C=O) groups excluding carboxylic acids is 1. The zero-order chi connectivity index (χ0) is 30.8. The molecule has 0 bridgehead atoms. The van der Waals surface area contributed by atoms with E-state index in [1.807, 2.05) is 30.3 Å². The molecule has 0 saturated heterocycles. The summed E-state index contributed by atoms with van der Waals surface area (Å²) in [4.78, 5) is 24.8. The second-order valence-corrected chi connectivity index (χ2v) is 13.1. The van der Waals surface area contributed by atoms with E-state index in [2.05, 4.69) is 9.97 Å². The SMILES string of the molecule is Cc1cc(C2=CN(Cc3ccc4c(c3)OCO4)C(O)C(F)=C2)nc(S(=O)(=O)CCCC(=O)N(c2ccccc2)C2CCC2)n1. The number of hydrogen-bond acceptors (Lipinski definition) is 9. The maximum atomic E-state index is 14.9. The zero-order valence-electron chi connectivity index (χ0n) is 24.2. The maximum Gasteiger partial charge on any atom is 0.247 e. The van der Waals surface area contributed by atoms with Gasteiger partial charge in [-0.15, -0.1) is 0 Å². The van der Waals surface area contributed by atoms with E-state index >= 15 is 0 Å². The van der Waals surface area contributed by atoms with Gasteiger partial charge >= 0.3 is 0 Å². The number of halogens is 1. The molecular weight excluding hydrogens is 587 g/mol. The van der Waals surface area contributed by atoms with Crippen LogP contribution in [0.3, 0.4) is 0 Å². The van der Waals surface area contributed by atoms with Crippen LogP contribution in [-0.4, -0.2) is 59.1 Å². The van der Waals surface area contributed by atoms with Crippen LogP contribution in [0.15, 0.2) is 77.9 Å². The zero-order valence-corrected chi connectivity index (χ0v) is 25.0. The van der Waals surface area contributed by atoms with Crippen molar-refractivity contribution in [2.45, 2.75) is 63.0 Å². The molecule has 1 N–H and O–H groups in total. The van der Waals surface area contributed by atoms with Crippen molar-refractivity contribution in [3.63, 3.8) is 0 Å². The number of anilines is 1. The van der Waals surface area contributed by atoms with Crippen LogP contribution in [0.1, 0.15) is 49.1 Å². The lowest BCUT2D eigenvalue weighted by molar-refractivity contribution is -0.119. The quantitative estimate of drug-likeness (QED) is 0.322. The highest BCUT2D eigenvalue weighted by Gasteiger charge is 2.31. The molecule has 3 heterocycles. The molecule has 1 saturated carbocycles. The first-order valence-corrected chi connectivity index (χ1v) is 16.2. The fourth-order valence-electron chi connectivity index (χ4n) is 5.44. The molecule has 3 aromatic rings. The Morgan fingerprint density at radius 1 is 1.09 bits per heavy atom. The van der Waals surface area contributed by atoms with Gasteiger partial charge in [0.25, 0.3) is 0 Å². The number of sulfone groups is 1. The number of carbonyl (C=O) groups is 1. The van der Waals surface area contributed by atoms with E-state index in [1.54, 1.807) is 36.1 Å². The van der Waals surface area contributed by atoms with E-state index in [4.69, 9.17) is 9.47 Å². The van der Waals surface area contributed by atoms with Gasteiger partial charge in [-0.3, -0.25) is 4.79 Å². The fourth-order valence-corrected chi connectivity index (χ4v) is 6.66. The number of ether oxygens (including phenoxy) is 2. The molecule has 0 spiro atoms. The van der Waals surface area contributed by atoms with Gasteiger partial charge in [-0.05, 0) is 74.6 Å². The molecule has 2 aliphatic heterocycles. The van der Waals surface area contributed by atoms with Gasteiger partial charge in [-0.1, -0.05) is 24.3 Å². The molecule has 1 atom stereocenters. The Kier molecular flexibility index (Phi) is 8.37. The molecule has 1 aliphatic carbocycles. The van der Waals surface area contributed by atoms with E-state index in [1.165, 1.54) is 11.1 Å². The number of aromatic nitrogens is 2. The van der Waals surface area contributed by atoms with Gasteiger partial charge in [-0.2, -0.15) is 0 Å². The number of aliphatic hydroxyl groups excluding tert-OH is 1. The topological polar surface area (TPSA) is 122 Å². The molecule has 1 amide bonds. The lowest BCUT2D eigenvalue weighted by atomic mass is 9.90. The standard InChI is InChI=1S/C32H33FN4O6S/c1-21-15-27(23-17-26(33)31(39)36(19-23)18-22-12-13-28-29(16-22)43-20-42-28)35-32(34-21)44(40,41)14-6-11-30(38)37(25-9-5-10-25)24-7-3-2-4-8-24/h2-4,7-8,12-13,15-17,19,25,31,39H,5-6,9-11,14,18,20H2,1H3. The minimum Gasteiger partial charge on any atom is -0.454 e. The van der Waals surface area contributed by atoms with E-state index in [0.717, 1.165) is 36.6 Å². The second kappa shape index (κ2) is 12.4. The van der Waals surface area contributed by atoms with Crippen molar-refractivity contribution in [1.82, 2.24) is 14.9 Å². The Morgan fingerprint density at radius 3 is 2.61 bits per heavy atom. The number of fused-ring (bicyclic) bond motifs is 1. The van der Waals surface area contributed by atoms with Gasteiger partial charge in [0.05, 0.1) is 11.4 Å². The van der Waals surface area contributed by atoms with Crippen molar-refractivity contribution in [2.75, 3.05) is 17.4 Å². The first-order valence-electron chi connectivity index (χ1n) is 14.5. The third-order valence-corrected chi connectivity index (χ3v) is 9.48. The van der Waals surface area contributed by atoms with Crippen LogP contribution in [0.25, 0.3) is 5.57 Å². The molecule has 44 heavy (non-hydrogen) atoms. The second-order valence-electron chi connectivity index (χ2n) is 11.1. The monoisotopic (exact) mass is 620 g/mol.